The van der Waals surface area contributed by atoms with Crippen LogP contribution in [0, 0.1) is 0 Å². The molecular weight excluding hydrogens is 248 g/mol. The lowest BCUT2D eigenvalue weighted by molar-refractivity contribution is 0.175. The van der Waals surface area contributed by atoms with Crippen LogP contribution >= 0.6 is 0 Å². The number of methoxy groups -OCH3 is 1. The molecule has 0 bridgehead atoms. The molecule has 0 saturated carbocycles. The average Bonchev–Trinajstić information content (AvgIpc) is 2.76. The molecule has 1 aliphatic rings. The minimum Gasteiger partial charge on any atom is -0.497 e. The summed E-state index contributed by atoms with van der Waals surface area (Å²) in [7, 11) is 1.72. The van der Waals surface area contributed by atoms with Gasteiger partial charge in [0.25, 0.3) is 0 Å². The number of hydrogen-bond acceptors (Lipinski definition) is 3. The molecule has 2 rings (SSSR count). The molecule has 0 radical (unpaired) electrons. The van der Waals surface area contributed by atoms with E-state index in [1.807, 2.05) is 6.07 Å². The summed E-state index contributed by atoms with van der Waals surface area (Å²) >= 11 is 0. The monoisotopic (exact) mass is 276 g/mol. The smallest absolute Gasteiger partial charge is 0.119 e. The van der Waals surface area contributed by atoms with Crippen LogP contribution in [-0.4, -0.2) is 31.1 Å². The van der Waals surface area contributed by atoms with Crippen LogP contribution in [0.3, 0.4) is 0 Å². The van der Waals surface area contributed by atoms with Crippen molar-refractivity contribution in [2.24, 2.45) is 5.73 Å². The van der Waals surface area contributed by atoms with E-state index in [0.29, 0.717) is 6.04 Å². The number of nitrogens with zero attached hydrogens (tertiary/aromatic N) is 1. The SMILES string of the molecule is CCC(N)C(c1cccc(OC)c1)N1CCCCCC1. The van der Waals surface area contributed by atoms with Crippen molar-refractivity contribution in [3.8, 4) is 5.75 Å². The predicted molar refractivity (Wildman–Crippen MR) is 84.0 cm³/mol. The molecule has 20 heavy (non-hydrogen) atoms. The van der Waals surface area contributed by atoms with E-state index in [4.69, 9.17) is 10.5 Å². The summed E-state index contributed by atoms with van der Waals surface area (Å²) in [6.07, 6.45) is 6.28. The summed E-state index contributed by atoms with van der Waals surface area (Å²) in [6.45, 7) is 4.50. The van der Waals surface area contributed by atoms with Gasteiger partial charge >= 0.3 is 0 Å². The normalized spacial score (nSPS) is 20.1. The summed E-state index contributed by atoms with van der Waals surface area (Å²) in [5.74, 6) is 0.922. The molecule has 3 heteroatoms. The third-order valence-corrected chi connectivity index (χ3v) is 4.35. The van der Waals surface area contributed by atoms with E-state index in [9.17, 15) is 0 Å². The highest BCUT2D eigenvalue weighted by Gasteiger charge is 2.26. The van der Waals surface area contributed by atoms with Crippen LogP contribution in [0.25, 0.3) is 0 Å². The molecule has 2 N–H and O–H groups in total. The molecule has 1 fully saturated rings. The van der Waals surface area contributed by atoms with E-state index in [1.54, 1.807) is 7.11 Å². The molecule has 1 aromatic rings. The van der Waals surface area contributed by atoms with Gasteiger partial charge in [0.1, 0.15) is 5.75 Å². The van der Waals surface area contributed by atoms with Crippen LogP contribution < -0.4 is 10.5 Å². The molecule has 1 aliphatic heterocycles. The van der Waals surface area contributed by atoms with Crippen molar-refractivity contribution in [1.29, 1.82) is 0 Å². The minimum atomic E-state index is 0.181. The van der Waals surface area contributed by atoms with E-state index in [2.05, 4.69) is 30.0 Å². The van der Waals surface area contributed by atoms with Crippen LogP contribution in [0.5, 0.6) is 5.75 Å². The Morgan fingerprint density at radius 2 is 1.90 bits per heavy atom. The van der Waals surface area contributed by atoms with Crippen molar-refractivity contribution in [1.82, 2.24) is 4.90 Å². The predicted octanol–water partition coefficient (Wildman–Crippen LogP) is 3.35. The summed E-state index contributed by atoms with van der Waals surface area (Å²) in [5, 5.41) is 0. The molecule has 1 aromatic carbocycles. The maximum atomic E-state index is 6.44. The summed E-state index contributed by atoms with van der Waals surface area (Å²) in [6, 6.07) is 8.90. The Hall–Kier alpha value is -1.06. The second kappa shape index (κ2) is 7.65. The van der Waals surface area contributed by atoms with E-state index in [1.165, 1.54) is 31.2 Å². The van der Waals surface area contributed by atoms with Gasteiger partial charge in [-0.2, -0.15) is 0 Å². The first kappa shape index (κ1) is 15.3. The molecule has 2 unspecified atom stereocenters. The van der Waals surface area contributed by atoms with E-state index >= 15 is 0 Å². The molecule has 0 spiro atoms. The van der Waals surface area contributed by atoms with Gasteiger partial charge in [0, 0.05) is 12.1 Å². The lowest BCUT2D eigenvalue weighted by Crippen LogP contribution is -2.41. The third kappa shape index (κ3) is 3.74. The van der Waals surface area contributed by atoms with Crippen molar-refractivity contribution < 1.29 is 4.74 Å². The van der Waals surface area contributed by atoms with Crippen molar-refractivity contribution >= 4 is 0 Å². The number of rotatable bonds is 5. The average molecular weight is 276 g/mol. The molecule has 0 amide bonds. The molecule has 112 valence electrons. The van der Waals surface area contributed by atoms with Gasteiger partial charge < -0.3 is 10.5 Å². The van der Waals surface area contributed by atoms with Crippen LogP contribution in [0.1, 0.15) is 50.6 Å². The van der Waals surface area contributed by atoms with Crippen LogP contribution in [0.15, 0.2) is 24.3 Å². The van der Waals surface area contributed by atoms with E-state index < -0.39 is 0 Å². The molecule has 1 saturated heterocycles. The fraction of sp³-hybridized carbons (Fsp3) is 0.647. The van der Waals surface area contributed by atoms with Gasteiger partial charge in [-0.1, -0.05) is 31.9 Å². The topological polar surface area (TPSA) is 38.5 Å². The number of likely N-dealkylation sites (tertiary alicyclic amines) is 1. The zero-order valence-electron chi connectivity index (χ0n) is 12.8. The van der Waals surface area contributed by atoms with Gasteiger partial charge in [-0.15, -0.1) is 0 Å². The molecule has 0 aromatic heterocycles. The zero-order chi connectivity index (χ0) is 14.4. The summed E-state index contributed by atoms with van der Waals surface area (Å²) in [5.41, 5.74) is 7.73. The van der Waals surface area contributed by atoms with Crippen molar-refractivity contribution in [3.63, 3.8) is 0 Å². The summed E-state index contributed by atoms with van der Waals surface area (Å²) < 4.78 is 5.37. The lowest BCUT2D eigenvalue weighted by Gasteiger charge is -2.35. The molecule has 3 nitrogen and oxygen atoms in total. The van der Waals surface area contributed by atoms with Gasteiger partial charge in [-0.25, -0.2) is 0 Å². The Labute approximate surface area is 123 Å². The van der Waals surface area contributed by atoms with Crippen LogP contribution in [-0.2, 0) is 0 Å². The largest absolute Gasteiger partial charge is 0.497 e. The van der Waals surface area contributed by atoms with Gasteiger partial charge in [-0.05, 0) is 50.0 Å². The Morgan fingerprint density at radius 1 is 1.20 bits per heavy atom. The number of nitrogens with two attached hydrogens (primary N) is 1. The molecular formula is C17H28N2O. The Balaban J connectivity index is 2.25. The second-order valence-electron chi connectivity index (χ2n) is 5.74. The van der Waals surface area contributed by atoms with Crippen molar-refractivity contribution in [2.45, 2.75) is 51.1 Å². The van der Waals surface area contributed by atoms with E-state index in [-0.39, 0.29) is 6.04 Å². The minimum absolute atomic E-state index is 0.181. The lowest BCUT2D eigenvalue weighted by atomic mass is 9.96. The highest BCUT2D eigenvalue weighted by Crippen LogP contribution is 2.29. The second-order valence-corrected chi connectivity index (χ2v) is 5.74. The number of ether oxygens (including phenoxy) is 1. The van der Waals surface area contributed by atoms with Crippen LogP contribution in [0.4, 0.5) is 0 Å². The first-order valence-corrected chi connectivity index (χ1v) is 7.90. The van der Waals surface area contributed by atoms with Crippen molar-refractivity contribution in [2.75, 3.05) is 20.2 Å². The quantitative estimate of drug-likeness (QED) is 0.896. The summed E-state index contributed by atoms with van der Waals surface area (Å²) in [4.78, 5) is 2.58. The van der Waals surface area contributed by atoms with Gasteiger partial charge in [0.05, 0.1) is 7.11 Å². The van der Waals surface area contributed by atoms with Crippen molar-refractivity contribution in [3.05, 3.63) is 29.8 Å². The molecule has 0 aliphatic carbocycles. The third-order valence-electron chi connectivity index (χ3n) is 4.35. The maximum absolute atomic E-state index is 6.44. The highest BCUT2D eigenvalue weighted by molar-refractivity contribution is 5.31. The van der Waals surface area contributed by atoms with Gasteiger partial charge in [0.15, 0.2) is 0 Å². The maximum Gasteiger partial charge on any atom is 0.119 e. The van der Waals surface area contributed by atoms with Crippen LogP contribution in [0.2, 0.25) is 0 Å². The molecule has 1 heterocycles. The van der Waals surface area contributed by atoms with Gasteiger partial charge in [0.2, 0.25) is 0 Å². The Bertz CT molecular complexity index is 400. The Kier molecular flexibility index (Phi) is 5.86. The number of hydrogen-bond donors (Lipinski definition) is 1. The number of benzene rings is 1. The van der Waals surface area contributed by atoms with Gasteiger partial charge in [-0.3, -0.25) is 4.90 Å². The fourth-order valence-corrected chi connectivity index (χ4v) is 3.15. The standard InChI is InChI=1S/C17H28N2O/c1-3-16(18)17(19-11-6-4-5-7-12-19)14-9-8-10-15(13-14)20-2/h8-10,13,16-17H,3-7,11-12,18H2,1-2H3. The zero-order valence-corrected chi connectivity index (χ0v) is 12.8. The first-order chi connectivity index (χ1) is 9.76. The first-order valence-electron chi connectivity index (χ1n) is 7.90. The Morgan fingerprint density at radius 3 is 2.50 bits per heavy atom. The highest BCUT2D eigenvalue weighted by atomic mass is 16.5. The molecule has 2 atom stereocenters. The fourth-order valence-electron chi connectivity index (χ4n) is 3.15. The van der Waals surface area contributed by atoms with E-state index in [0.717, 1.165) is 25.3 Å².